The fourth-order valence-electron chi connectivity index (χ4n) is 1.42. The van der Waals surface area contributed by atoms with E-state index in [1.165, 1.54) is 0 Å². The van der Waals surface area contributed by atoms with Crippen molar-refractivity contribution in [2.24, 2.45) is 4.99 Å². The maximum absolute atomic E-state index is 9.13. The van der Waals surface area contributed by atoms with Crippen molar-refractivity contribution in [3.05, 3.63) is 35.9 Å². The van der Waals surface area contributed by atoms with Gasteiger partial charge < -0.3 is 14.9 Å². The van der Waals surface area contributed by atoms with E-state index in [9.17, 15) is 0 Å². The van der Waals surface area contributed by atoms with Gasteiger partial charge in [0.25, 0.3) is 0 Å². The first kappa shape index (κ1) is 13.0. The van der Waals surface area contributed by atoms with Crippen LogP contribution in [0.15, 0.2) is 35.3 Å². The van der Waals surface area contributed by atoms with Gasteiger partial charge in [0.05, 0.1) is 13.2 Å². The topological polar surface area (TPSA) is 62.0 Å². The lowest BCUT2D eigenvalue weighted by molar-refractivity contribution is 0.0977. The molecule has 1 aromatic carbocycles. The number of benzene rings is 1. The highest BCUT2D eigenvalue weighted by Gasteiger charge is 2.35. The van der Waals surface area contributed by atoms with Crippen molar-refractivity contribution in [3.63, 3.8) is 0 Å². The zero-order valence-corrected chi connectivity index (χ0v) is 9.48. The van der Waals surface area contributed by atoms with E-state index in [1.807, 2.05) is 30.3 Å². The van der Waals surface area contributed by atoms with Crippen LogP contribution in [0.3, 0.4) is 0 Å². The molecule has 0 bridgehead atoms. The predicted octanol–water partition coefficient (Wildman–Crippen LogP) is 0.609. The number of rotatable bonds is 3. The summed E-state index contributed by atoms with van der Waals surface area (Å²) in [7, 11) is 0. The van der Waals surface area contributed by atoms with Crippen LogP contribution in [-0.4, -0.2) is 41.5 Å². The van der Waals surface area contributed by atoms with Crippen LogP contribution in [0.1, 0.15) is 5.56 Å². The van der Waals surface area contributed by atoms with E-state index in [1.54, 1.807) is 0 Å². The highest BCUT2D eigenvalue weighted by Crippen LogP contribution is 2.20. The van der Waals surface area contributed by atoms with Crippen LogP contribution in [0.5, 0.6) is 0 Å². The van der Waals surface area contributed by atoms with Crippen LogP contribution in [0.2, 0.25) is 0 Å². The average molecular weight is 244 g/mol. The summed E-state index contributed by atoms with van der Waals surface area (Å²) in [6, 6.07) is 9.44. The number of aliphatic hydroxyl groups is 2. The Morgan fingerprint density at radius 2 is 1.81 bits per heavy atom. The zero-order valence-electron chi connectivity index (χ0n) is 8.67. The maximum atomic E-state index is 9.13. The Kier molecular flexibility index (Phi) is 4.29. The van der Waals surface area contributed by atoms with Gasteiger partial charge in [0, 0.05) is 5.56 Å². The minimum atomic E-state index is -0.870. The Morgan fingerprint density at radius 1 is 1.19 bits per heavy atom. The minimum Gasteiger partial charge on any atom is -0.475 e. The van der Waals surface area contributed by atoms with Crippen molar-refractivity contribution < 1.29 is 14.9 Å². The number of hydrogen-bond donors (Lipinski definition) is 2. The molecule has 0 aliphatic carbocycles. The molecule has 88 valence electrons. The Labute approximate surface area is 100 Å². The summed E-state index contributed by atoms with van der Waals surface area (Å²) in [4.78, 5) is 4.22. The van der Waals surface area contributed by atoms with Gasteiger partial charge in [0.15, 0.2) is 0 Å². The van der Waals surface area contributed by atoms with E-state index in [0.29, 0.717) is 5.90 Å². The van der Waals surface area contributed by atoms with Gasteiger partial charge in [-0.25, -0.2) is 4.99 Å². The Hall–Kier alpha value is -1.10. The van der Waals surface area contributed by atoms with Gasteiger partial charge in [-0.15, -0.1) is 12.4 Å². The molecule has 4 nitrogen and oxygen atoms in total. The summed E-state index contributed by atoms with van der Waals surface area (Å²) >= 11 is 0. The molecule has 0 fully saturated rings. The van der Waals surface area contributed by atoms with Gasteiger partial charge in [-0.05, 0) is 12.1 Å². The molecule has 1 aliphatic heterocycles. The van der Waals surface area contributed by atoms with Crippen LogP contribution >= 0.6 is 12.4 Å². The third-order valence-electron chi connectivity index (χ3n) is 2.43. The molecule has 0 atom stereocenters. The molecule has 2 rings (SSSR count). The first-order chi connectivity index (χ1) is 7.29. The third kappa shape index (κ3) is 2.35. The van der Waals surface area contributed by atoms with E-state index in [0.717, 1.165) is 5.56 Å². The highest BCUT2D eigenvalue weighted by atomic mass is 35.5. The molecule has 0 radical (unpaired) electrons. The number of hydrogen-bond acceptors (Lipinski definition) is 4. The summed E-state index contributed by atoms with van der Waals surface area (Å²) in [5.74, 6) is 0.485. The summed E-state index contributed by atoms with van der Waals surface area (Å²) in [5, 5.41) is 18.3. The summed E-state index contributed by atoms with van der Waals surface area (Å²) in [6.07, 6.45) is 0. The fraction of sp³-hybridized carbons (Fsp3) is 0.364. The first-order valence-corrected chi connectivity index (χ1v) is 4.79. The van der Waals surface area contributed by atoms with Gasteiger partial charge in [0.2, 0.25) is 5.90 Å². The van der Waals surface area contributed by atoms with Gasteiger partial charge in [-0.3, -0.25) is 0 Å². The third-order valence-corrected chi connectivity index (χ3v) is 2.43. The Balaban J connectivity index is 0.00000128. The molecular formula is C11H14ClNO3. The standard InChI is InChI=1S/C11H13NO3.ClH/c13-6-11(7-14)8-15-10(12-11)9-4-2-1-3-5-9;/h1-5,13-14H,6-8H2;1H. The molecule has 0 saturated carbocycles. The SMILES string of the molecule is Cl.OCC1(CO)COC(c2ccccc2)=N1. The van der Waals surface area contributed by atoms with Crippen molar-refractivity contribution in [1.29, 1.82) is 0 Å². The molecule has 0 spiro atoms. The lowest BCUT2D eigenvalue weighted by atomic mass is 10.1. The Bertz CT molecular complexity index is 363. The van der Waals surface area contributed by atoms with Crippen molar-refractivity contribution in [1.82, 2.24) is 0 Å². The fourth-order valence-corrected chi connectivity index (χ4v) is 1.42. The number of aliphatic hydroxyl groups excluding tert-OH is 2. The van der Waals surface area contributed by atoms with Crippen LogP contribution < -0.4 is 0 Å². The van der Waals surface area contributed by atoms with Crippen molar-refractivity contribution in [2.75, 3.05) is 19.8 Å². The highest BCUT2D eigenvalue weighted by molar-refractivity contribution is 5.95. The molecule has 2 N–H and O–H groups in total. The molecule has 1 aromatic rings. The molecule has 0 amide bonds. The lowest BCUT2D eigenvalue weighted by Gasteiger charge is -2.16. The lowest BCUT2D eigenvalue weighted by Crippen LogP contribution is -2.37. The van der Waals surface area contributed by atoms with Gasteiger partial charge in [-0.1, -0.05) is 18.2 Å². The zero-order chi connectivity index (χ0) is 10.7. The monoisotopic (exact) mass is 243 g/mol. The average Bonchev–Trinajstić information content (AvgIpc) is 2.75. The first-order valence-electron chi connectivity index (χ1n) is 4.79. The Morgan fingerprint density at radius 3 is 2.31 bits per heavy atom. The van der Waals surface area contributed by atoms with Crippen LogP contribution in [0.25, 0.3) is 0 Å². The van der Waals surface area contributed by atoms with E-state index in [4.69, 9.17) is 14.9 Å². The predicted molar refractivity (Wildman–Crippen MR) is 63.1 cm³/mol. The number of nitrogens with zero attached hydrogens (tertiary/aromatic N) is 1. The molecule has 16 heavy (non-hydrogen) atoms. The van der Waals surface area contributed by atoms with E-state index >= 15 is 0 Å². The van der Waals surface area contributed by atoms with Crippen molar-refractivity contribution in [3.8, 4) is 0 Å². The molecule has 0 unspecified atom stereocenters. The smallest absolute Gasteiger partial charge is 0.217 e. The number of aliphatic imine (C=N–C) groups is 1. The second kappa shape index (κ2) is 5.30. The number of ether oxygens (including phenoxy) is 1. The van der Waals surface area contributed by atoms with Gasteiger partial charge in [-0.2, -0.15) is 0 Å². The maximum Gasteiger partial charge on any atom is 0.217 e. The van der Waals surface area contributed by atoms with E-state index in [2.05, 4.69) is 4.99 Å². The second-order valence-corrected chi connectivity index (χ2v) is 3.61. The van der Waals surface area contributed by atoms with Crippen LogP contribution in [0.4, 0.5) is 0 Å². The summed E-state index contributed by atoms with van der Waals surface area (Å²) in [5.41, 5.74) is -0.00757. The molecule has 5 heteroatoms. The largest absolute Gasteiger partial charge is 0.475 e. The molecule has 1 heterocycles. The van der Waals surface area contributed by atoms with Crippen molar-refractivity contribution in [2.45, 2.75) is 5.54 Å². The summed E-state index contributed by atoms with van der Waals surface area (Å²) in [6.45, 7) is -0.191. The van der Waals surface area contributed by atoms with Gasteiger partial charge >= 0.3 is 0 Å². The molecule has 0 aromatic heterocycles. The van der Waals surface area contributed by atoms with E-state index in [-0.39, 0.29) is 32.2 Å². The quantitative estimate of drug-likeness (QED) is 0.818. The van der Waals surface area contributed by atoms with Crippen LogP contribution in [-0.2, 0) is 4.74 Å². The normalized spacial score (nSPS) is 17.2. The van der Waals surface area contributed by atoms with Crippen molar-refractivity contribution >= 4 is 18.3 Å². The molecular weight excluding hydrogens is 230 g/mol. The number of halogens is 1. The second-order valence-electron chi connectivity index (χ2n) is 3.61. The van der Waals surface area contributed by atoms with E-state index < -0.39 is 5.54 Å². The molecule has 1 aliphatic rings. The van der Waals surface area contributed by atoms with Gasteiger partial charge in [0.1, 0.15) is 12.1 Å². The van der Waals surface area contributed by atoms with Crippen LogP contribution in [0, 0.1) is 0 Å². The minimum absolute atomic E-state index is 0. The summed E-state index contributed by atoms with van der Waals surface area (Å²) < 4.78 is 5.37. The molecule has 0 saturated heterocycles.